The molecule has 2 atom stereocenters. The first kappa shape index (κ1) is 15.5. The molecular weight excluding hydrogens is 322 g/mol. The molecule has 0 aromatic carbocycles. The van der Waals surface area contributed by atoms with Crippen molar-refractivity contribution in [3.05, 3.63) is 23.4 Å². The normalized spacial score (nSPS) is 21.4. The Morgan fingerprint density at radius 3 is 2.96 bits per heavy atom. The summed E-state index contributed by atoms with van der Waals surface area (Å²) in [6.45, 7) is 2.63. The molecular formula is C14H16ClN5O3. The molecule has 23 heavy (non-hydrogen) atoms. The van der Waals surface area contributed by atoms with Gasteiger partial charge in [-0.25, -0.2) is 9.31 Å². The lowest BCUT2D eigenvalue weighted by atomic mass is 9.91. The molecule has 2 aromatic rings. The maximum absolute atomic E-state index is 12.3. The van der Waals surface area contributed by atoms with Gasteiger partial charge in [-0.15, -0.1) is 5.10 Å². The minimum absolute atomic E-state index is 0.128. The molecule has 9 heteroatoms. The number of rotatable bonds is 2. The van der Waals surface area contributed by atoms with Crippen LogP contribution in [0.25, 0.3) is 5.65 Å². The van der Waals surface area contributed by atoms with Gasteiger partial charge >= 0.3 is 12.0 Å². The fourth-order valence-electron chi connectivity index (χ4n) is 2.78. The molecule has 122 valence electrons. The number of hydrogen-bond acceptors (Lipinski definition) is 4. The number of aromatic nitrogens is 3. The summed E-state index contributed by atoms with van der Waals surface area (Å²) in [7, 11) is 0. The van der Waals surface area contributed by atoms with Crippen molar-refractivity contribution in [2.75, 3.05) is 18.4 Å². The first-order chi connectivity index (χ1) is 10.9. The molecule has 3 rings (SSSR count). The van der Waals surface area contributed by atoms with E-state index in [0.717, 1.165) is 0 Å². The number of halogens is 1. The minimum Gasteiger partial charge on any atom is -0.481 e. The maximum Gasteiger partial charge on any atom is 0.324 e. The Labute approximate surface area is 137 Å². The summed E-state index contributed by atoms with van der Waals surface area (Å²) in [4.78, 5) is 29.2. The largest absolute Gasteiger partial charge is 0.481 e. The number of fused-ring (bicyclic) bond motifs is 1. The molecule has 1 aliphatic heterocycles. The number of pyridine rings is 1. The zero-order valence-corrected chi connectivity index (χ0v) is 13.2. The number of carbonyl (C=O) groups excluding carboxylic acids is 1. The second-order valence-corrected chi connectivity index (χ2v) is 6.23. The molecule has 2 unspecified atom stereocenters. The summed E-state index contributed by atoms with van der Waals surface area (Å²) in [5, 5.41) is 16.4. The summed E-state index contributed by atoms with van der Waals surface area (Å²) >= 11 is 5.88. The molecule has 2 aromatic heterocycles. The van der Waals surface area contributed by atoms with Crippen LogP contribution in [0.15, 0.2) is 18.3 Å². The summed E-state index contributed by atoms with van der Waals surface area (Å²) in [6, 6.07) is 2.90. The van der Waals surface area contributed by atoms with Crippen molar-refractivity contribution in [1.29, 1.82) is 0 Å². The third-order valence-electron chi connectivity index (χ3n) is 3.81. The van der Waals surface area contributed by atoms with E-state index in [1.807, 2.05) is 6.92 Å². The Balaban J connectivity index is 1.73. The number of nitrogens with one attached hydrogen (secondary N) is 1. The third-order valence-corrected chi connectivity index (χ3v) is 4.05. The Bertz CT molecular complexity index is 762. The topological polar surface area (TPSA) is 99.8 Å². The first-order valence-electron chi connectivity index (χ1n) is 7.23. The average molecular weight is 338 g/mol. The van der Waals surface area contributed by atoms with Gasteiger partial charge < -0.3 is 10.0 Å². The van der Waals surface area contributed by atoms with Crippen LogP contribution in [-0.4, -0.2) is 49.7 Å². The van der Waals surface area contributed by atoms with Gasteiger partial charge in [0.2, 0.25) is 0 Å². The van der Waals surface area contributed by atoms with Crippen LogP contribution in [0.3, 0.4) is 0 Å². The predicted molar refractivity (Wildman–Crippen MR) is 83.5 cm³/mol. The van der Waals surface area contributed by atoms with Crippen molar-refractivity contribution in [1.82, 2.24) is 19.5 Å². The molecule has 1 fully saturated rings. The van der Waals surface area contributed by atoms with Gasteiger partial charge in [0.15, 0.2) is 5.65 Å². The summed E-state index contributed by atoms with van der Waals surface area (Å²) in [5.74, 6) is -1.14. The number of anilines is 1. The van der Waals surface area contributed by atoms with E-state index in [4.69, 9.17) is 16.7 Å². The van der Waals surface area contributed by atoms with Crippen molar-refractivity contribution in [2.24, 2.45) is 11.8 Å². The molecule has 0 spiro atoms. The predicted octanol–water partition coefficient (Wildman–Crippen LogP) is 1.96. The fourth-order valence-corrected chi connectivity index (χ4v) is 2.93. The monoisotopic (exact) mass is 337 g/mol. The summed E-state index contributed by atoms with van der Waals surface area (Å²) < 4.78 is 1.50. The summed E-state index contributed by atoms with van der Waals surface area (Å²) in [6.07, 6.45) is 2.22. The Morgan fingerprint density at radius 1 is 1.43 bits per heavy atom. The third kappa shape index (κ3) is 3.37. The highest BCUT2D eigenvalue weighted by Gasteiger charge is 2.32. The Hall–Kier alpha value is -2.35. The van der Waals surface area contributed by atoms with Gasteiger partial charge in [0.05, 0.1) is 5.92 Å². The van der Waals surface area contributed by atoms with Gasteiger partial charge in [-0.3, -0.25) is 10.1 Å². The van der Waals surface area contributed by atoms with Crippen LogP contribution in [0.5, 0.6) is 0 Å². The number of aliphatic carboxylic acids is 1. The number of carboxylic acid groups (broad SMARTS) is 1. The average Bonchev–Trinajstić information content (AvgIpc) is 2.87. The number of urea groups is 1. The zero-order chi connectivity index (χ0) is 16.6. The Morgan fingerprint density at radius 2 is 2.22 bits per heavy atom. The molecule has 1 aliphatic rings. The van der Waals surface area contributed by atoms with Crippen molar-refractivity contribution < 1.29 is 14.7 Å². The van der Waals surface area contributed by atoms with Crippen LogP contribution < -0.4 is 5.32 Å². The van der Waals surface area contributed by atoms with Crippen molar-refractivity contribution in [3.8, 4) is 0 Å². The highest BCUT2D eigenvalue weighted by atomic mass is 35.5. The van der Waals surface area contributed by atoms with E-state index in [1.54, 1.807) is 18.3 Å². The first-order valence-corrected chi connectivity index (χ1v) is 7.61. The lowest BCUT2D eigenvalue weighted by Crippen LogP contribution is -2.47. The van der Waals surface area contributed by atoms with Crippen LogP contribution in [0.4, 0.5) is 10.7 Å². The van der Waals surface area contributed by atoms with Gasteiger partial charge in [-0.2, -0.15) is 4.98 Å². The van der Waals surface area contributed by atoms with Gasteiger partial charge in [-0.1, -0.05) is 18.5 Å². The molecule has 0 radical (unpaired) electrons. The number of hydrogen-bond donors (Lipinski definition) is 2. The van der Waals surface area contributed by atoms with Crippen LogP contribution in [0.2, 0.25) is 5.02 Å². The van der Waals surface area contributed by atoms with Gasteiger partial charge in [-0.05, 0) is 18.4 Å². The van der Waals surface area contributed by atoms with E-state index < -0.39 is 17.9 Å². The van der Waals surface area contributed by atoms with E-state index in [-0.39, 0.29) is 18.4 Å². The van der Waals surface area contributed by atoms with Gasteiger partial charge in [0, 0.05) is 30.4 Å². The number of carbonyl (C=O) groups is 2. The molecule has 0 aliphatic carbocycles. The number of amides is 2. The standard InChI is InChI=1S/C14H16ClN5O3/c1-8-4-9(12(21)22)7-19(6-8)14(23)17-13-16-11-5-10(15)2-3-20(11)18-13/h2-3,5,8-9H,4,6-7H2,1H3,(H,21,22)(H,17,18,23). The lowest BCUT2D eigenvalue weighted by Gasteiger charge is -2.34. The Kier molecular flexibility index (Phi) is 4.08. The highest BCUT2D eigenvalue weighted by Crippen LogP contribution is 2.22. The number of piperidine rings is 1. The van der Waals surface area contributed by atoms with Crippen molar-refractivity contribution >= 4 is 35.2 Å². The second kappa shape index (κ2) is 6.04. The number of nitrogens with zero attached hydrogens (tertiary/aromatic N) is 4. The summed E-state index contributed by atoms with van der Waals surface area (Å²) in [5.41, 5.74) is 0.517. The molecule has 3 heterocycles. The van der Waals surface area contributed by atoms with E-state index in [9.17, 15) is 9.59 Å². The molecule has 1 saturated heterocycles. The van der Waals surface area contributed by atoms with Crippen LogP contribution in [-0.2, 0) is 4.79 Å². The zero-order valence-electron chi connectivity index (χ0n) is 12.4. The van der Waals surface area contributed by atoms with E-state index >= 15 is 0 Å². The molecule has 0 bridgehead atoms. The van der Waals surface area contributed by atoms with Crippen LogP contribution in [0.1, 0.15) is 13.3 Å². The van der Waals surface area contributed by atoms with Crippen molar-refractivity contribution in [3.63, 3.8) is 0 Å². The molecule has 2 amide bonds. The number of likely N-dealkylation sites (tertiary alicyclic amines) is 1. The van der Waals surface area contributed by atoms with E-state index in [1.165, 1.54) is 9.42 Å². The lowest BCUT2D eigenvalue weighted by molar-refractivity contribution is -0.143. The fraction of sp³-hybridized carbons (Fsp3) is 0.429. The van der Waals surface area contributed by atoms with Crippen molar-refractivity contribution in [2.45, 2.75) is 13.3 Å². The van der Waals surface area contributed by atoms with Crippen LogP contribution >= 0.6 is 11.6 Å². The molecule has 8 nitrogen and oxygen atoms in total. The molecule has 2 N–H and O–H groups in total. The smallest absolute Gasteiger partial charge is 0.324 e. The van der Waals surface area contributed by atoms with Crippen LogP contribution in [0, 0.1) is 11.8 Å². The van der Waals surface area contributed by atoms with Gasteiger partial charge in [0.25, 0.3) is 5.95 Å². The van der Waals surface area contributed by atoms with Gasteiger partial charge in [0.1, 0.15) is 0 Å². The van der Waals surface area contributed by atoms with E-state index in [2.05, 4.69) is 15.4 Å². The quantitative estimate of drug-likeness (QED) is 0.872. The second-order valence-electron chi connectivity index (χ2n) is 5.79. The van der Waals surface area contributed by atoms with E-state index in [0.29, 0.717) is 23.6 Å². The highest BCUT2D eigenvalue weighted by molar-refractivity contribution is 6.30. The molecule has 0 saturated carbocycles. The number of carboxylic acids is 1. The SMILES string of the molecule is CC1CC(C(=O)O)CN(C(=O)Nc2nc3cc(Cl)ccn3n2)C1. The maximum atomic E-state index is 12.3. The minimum atomic E-state index is -0.880.